The number of hydrogen-bond donors (Lipinski definition) is 1. The highest BCUT2D eigenvalue weighted by atomic mass is 16.6. The molecule has 1 aliphatic rings. The fourth-order valence-corrected chi connectivity index (χ4v) is 4.99. The summed E-state index contributed by atoms with van der Waals surface area (Å²) < 4.78 is 17.0. The Bertz CT molecular complexity index is 1390. The number of anilines is 1. The largest absolute Gasteiger partial charge is 0.467 e. The second-order valence-electron chi connectivity index (χ2n) is 13.6. The number of rotatable bonds is 8. The van der Waals surface area contributed by atoms with Gasteiger partial charge in [0.25, 0.3) is 5.91 Å². The lowest BCUT2D eigenvalue weighted by atomic mass is 9.92. The summed E-state index contributed by atoms with van der Waals surface area (Å²) in [7, 11) is 0. The molecule has 2 amide bonds. The van der Waals surface area contributed by atoms with Crippen LogP contribution in [0.4, 0.5) is 10.6 Å². The van der Waals surface area contributed by atoms with Crippen molar-refractivity contribution < 1.29 is 23.2 Å². The van der Waals surface area contributed by atoms with E-state index in [1.165, 1.54) is 0 Å². The molecule has 4 rings (SSSR count). The molecule has 0 bridgehead atoms. The number of carbonyl (C=O) groups excluding carboxylic acids is 2. The Labute approximate surface area is 253 Å². The predicted octanol–water partition coefficient (Wildman–Crippen LogP) is 5.56. The summed E-state index contributed by atoms with van der Waals surface area (Å²) in [6.07, 6.45) is 3.29. The van der Waals surface area contributed by atoms with Gasteiger partial charge in [-0.25, -0.2) is 14.8 Å². The first-order valence-corrected chi connectivity index (χ1v) is 14.8. The van der Waals surface area contributed by atoms with Crippen LogP contribution in [0.2, 0.25) is 0 Å². The highest BCUT2D eigenvalue weighted by molar-refractivity contribution is 5.98. The molecule has 0 unspecified atom stereocenters. The van der Waals surface area contributed by atoms with E-state index in [4.69, 9.17) is 18.6 Å². The number of carbonyl (C=O) groups is 2. The van der Waals surface area contributed by atoms with E-state index in [-0.39, 0.29) is 29.2 Å². The number of aryl methyl sites for hydroxylation is 1. The zero-order valence-corrected chi connectivity index (χ0v) is 26.8. The second kappa shape index (κ2) is 12.7. The van der Waals surface area contributed by atoms with E-state index in [1.54, 1.807) is 24.3 Å². The lowest BCUT2D eigenvalue weighted by Crippen LogP contribution is -2.55. The van der Waals surface area contributed by atoms with Gasteiger partial charge < -0.3 is 28.7 Å². The van der Waals surface area contributed by atoms with Gasteiger partial charge in [-0.3, -0.25) is 4.79 Å². The summed E-state index contributed by atoms with van der Waals surface area (Å²) in [4.78, 5) is 40.6. The van der Waals surface area contributed by atoms with E-state index in [1.807, 2.05) is 58.6 Å². The Hall–Kier alpha value is -3.96. The lowest BCUT2D eigenvalue weighted by Gasteiger charge is -2.42. The van der Waals surface area contributed by atoms with Crippen molar-refractivity contribution in [1.82, 2.24) is 30.0 Å². The maximum Gasteiger partial charge on any atom is 0.410 e. The van der Waals surface area contributed by atoms with E-state index >= 15 is 0 Å². The smallest absolute Gasteiger partial charge is 0.410 e. The van der Waals surface area contributed by atoms with E-state index in [9.17, 15) is 9.59 Å². The molecular weight excluding hydrogens is 550 g/mol. The molecule has 3 aromatic rings. The molecule has 12 nitrogen and oxygen atoms in total. The van der Waals surface area contributed by atoms with Crippen LogP contribution in [-0.2, 0) is 16.7 Å². The standard InChI is InChI=1S/C31H45N7O5/c1-19(2)16-38(22-13-21(26-36-35-20(3)42-26)17-37(18-22)29(40)43-31(7,8)9)27(39)24-15-33-28(30(4,5)6)34-25(24)32-14-23-11-10-12-41-23/h10-12,15,19,21-22H,13-14,16-18H2,1-9H3,(H,32,33,34)/t21-,22+/m1/s1. The van der Waals surface area contributed by atoms with Crippen LogP contribution in [0.5, 0.6) is 0 Å². The van der Waals surface area contributed by atoms with Crippen molar-refractivity contribution >= 4 is 17.8 Å². The number of piperidine rings is 1. The van der Waals surface area contributed by atoms with Gasteiger partial charge in [0.15, 0.2) is 0 Å². The zero-order valence-electron chi connectivity index (χ0n) is 26.8. The number of nitrogens with zero attached hydrogens (tertiary/aromatic N) is 6. The van der Waals surface area contributed by atoms with Gasteiger partial charge in [-0.15, -0.1) is 10.2 Å². The minimum atomic E-state index is -0.672. The topological polar surface area (TPSA) is 140 Å². The molecule has 12 heteroatoms. The molecule has 1 saturated heterocycles. The highest BCUT2D eigenvalue weighted by Crippen LogP contribution is 2.32. The summed E-state index contributed by atoms with van der Waals surface area (Å²) in [6, 6.07) is 3.32. The average Bonchev–Trinajstić information content (AvgIpc) is 3.60. The molecular formula is C31H45N7O5. The minimum Gasteiger partial charge on any atom is -0.467 e. The Morgan fingerprint density at radius 3 is 2.49 bits per heavy atom. The van der Waals surface area contributed by atoms with Gasteiger partial charge in [0, 0.05) is 38.2 Å². The van der Waals surface area contributed by atoms with Crippen molar-refractivity contribution in [2.45, 2.75) is 98.3 Å². The number of amides is 2. The van der Waals surface area contributed by atoms with Crippen LogP contribution in [0.15, 0.2) is 33.4 Å². The quantitative estimate of drug-likeness (QED) is 0.352. The van der Waals surface area contributed by atoms with Crippen molar-refractivity contribution in [2.75, 3.05) is 25.0 Å². The second-order valence-corrected chi connectivity index (χ2v) is 13.6. The molecule has 43 heavy (non-hydrogen) atoms. The molecule has 0 saturated carbocycles. The fraction of sp³-hybridized carbons (Fsp3) is 0.613. The molecule has 1 aliphatic heterocycles. The summed E-state index contributed by atoms with van der Waals surface area (Å²) >= 11 is 0. The third-order valence-corrected chi connectivity index (χ3v) is 6.93. The SMILES string of the molecule is Cc1nnc([C@@H]2C[C@H](N(CC(C)C)C(=O)c3cnc(C(C)(C)C)nc3NCc3ccco3)CN(C(=O)OC(C)(C)C)C2)o1. The van der Waals surface area contributed by atoms with Crippen LogP contribution in [0.1, 0.15) is 101 Å². The number of hydrogen-bond acceptors (Lipinski definition) is 10. The zero-order chi connectivity index (χ0) is 31.5. The Morgan fingerprint density at radius 1 is 1.16 bits per heavy atom. The van der Waals surface area contributed by atoms with E-state index in [0.717, 1.165) is 0 Å². The number of nitrogens with one attached hydrogen (secondary N) is 1. The number of furan rings is 1. The van der Waals surface area contributed by atoms with Gasteiger partial charge in [-0.1, -0.05) is 34.6 Å². The monoisotopic (exact) mass is 595 g/mol. The summed E-state index contributed by atoms with van der Waals surface area (Å²) in [6.45, 7) is 18.9. The maximum atomic E-state index is 14.5. The molecule has 0 aromatic carbocycles. The summed E-state index contributed by atoms with van der Waals surface area (Å²) in [5, 5.41) is 11.6. The van der Waals surface area contributed by atoms with Crippen LogP contribution in [0.3, 0.4) is 0 Å². The van der Waals surface area contributed by atoms with E-state index in [0.29, 0.717) is 67.3 Å². The van der Waals surface area contributed by atoms with Crippen LogP contribution in [-0.4, -0.2) is 73.2 Å². The van der Waals surface area contributed by atoms with Crippen LogP contribution >= 0.6 is 0 Å². The van der Waals surface area contributed by atoms with Crippen LogP contribution in [0, 0.1) is 12.8 Å². The van der Waals surface area contributed by atoms with Gasteiger partial charge in [0.1, 0.15) is 28.6 Å². The van der Waals surface area contributed by atoms with Gasteiger partial charge in [-0.2, -0.15) is 0 Å². The summed E-state index contributed by atoms with van der Waals surface area (Å²) in [5.74, 6) is 2.29. The molecule has 1 fully saturated rings. The van der Waals surface area contributed by atoms with Crippen LogP contribution < -0.4 is 5.32 Å². The molecule has 0 aliphatic carbocycles. The Morgan fingerprint density at radius 2 is 1.91 bits per heavy atom. The van der Waals surface area contributed by atoms with Crippen molar-refractivity contribution in [3.63, 3.8) is 0 Å². The van der Waals surface area contributed by atoms with Crippen molar-refractivity contribution in [3.8, 4) is 0 Å². The first kappa shape index (κ1) is 32.0. The number of likely N-dealkylation sites (tertiary alicyclic amines) is 1. The predicted molar refractivity (Wildman–Crippen MR) is 161 cm³/mol. The third kappa shape index (κ3) is 8.32. The third-order valence-electron chi connectivity index (χ3n) is 6.93. The maximum absolute atomic E-state index is 14.5. The summed E-state index contributed by atoms with van der Waals surface area (Å²) in [5.41, 5.74) is -0.651. The molecule has 1 N–H and O–H groups in total. The Balaban J connectivity index is 1.71. The molecule has 4 heterocycles. The lowest BCUT2D eigenvalue weighted by molar-refractivity contribution is 0.00513. The Kier molecular flexibility index (Phi) is 9.46. The van der Waals surface area contributed by atoms with E-state index < -0.39 is 11.7 Å². The molecule has 0 radical (unpaired) electrons. The minimum absolute atomic E-state index is 0.152. The van der Waals surface area contributed by atoms with Crippen molar-refractivity contribution in [3.05, 3.63) is 53.5 Å². The first-order valence-electron chi connectivity index (χ1n) is 14.8. The normalized spacial score (nSPS) is 17.7. The van der Waals surface area contributed by atoms with E-state index in [2.05, 4.69) is 34.3 Å². The van der Waals surface area contributed by atoms with Crippen molar-refractivity contribution in [2.24, 2.45) is 5.92 Å². The van der Waals surface area contributed by atoms with Gasteiger partial charge in [0.05, 0.1) is 24.8 Å². The number of ether oxygens (including phenoxy) is 1. The van der Waals surface area contributed by atoms with Gasteiger partial charge >= 0.3 is 6.09 Å². The molecule has 2 atom stereocenters. The first-order chi connectivity index (χ1) is 20.1. The molecule has 0 spiro atoms. The number of aromatic nitrogens is 4. The van der Waals surface area contributed by atoms with Gasteiger partial charge in [-0.05, 0) is 45.2 Å². The van der Waals surface area contributed by atoms with Crippen molar-refractivity contribution in [1.29, 1.82) is 0 Å². The van der Waals surface area contributed by atoms with Crippen LogP contribution in [0.25, 0.3) is 0 Å². The highest BCUT2D eigenvalue weighted by Gasteiger charge is 2.40. The fourth-order valence-electron chi connectivity index (χ4n) is 4.99. The molecule has 3 aromatic heterocycles. The average molecular weight is 596 g/mol. The molecule has 234 valence electrons. The van der Waals surface area contributed by atoms with Gasteiger partial charge in [0.2, 0.25) is 11.8 Å².